The summed E-state index contributed by atoms with van der Waals surface area (Å²) in [6.07, 6.45) is -1.04. The molecule has 2 atom stereocenters. The van der Waals surface area contributed by atoms with Crippen LogP contribution in [0.25, 0.3) is 0 Å². The second-order valence-electron chi connectivity index (χ2n) is 3.02. The second kappa shape index (κ2) is 5.60. The van der Waals surface area contributed by atoms with Crippen LogP contribution in [0.5, 0.6) is 0 Å². The third kappa shape index (κ3) is 5.49. The van der Waals surface area contributed by atoms with Crippen molar-refractivity contribution in [3.63, 3.8) is 0 Å². The summed E-state index contributed by atoms with van der Waals surface area (Å²) in [6, 6.07) is 0. The molecule has 0 aromatic heterocycles. The average Bonchev–Trinajstić information content (AvgIpc) is 2.10. The van der Waals surface area contributed by atoms with Gasteiger partial charge in [0.05, 0.1) is 19.3 Å². The summed E-state index contributed by atoms with van der Waals surface area (Å²) < 4.78 is 14.5. The first-order valence-electron chi connectivity index (χ1n) is 3.94. The Hall–Kier alpha value is -0.230. The molecule has 0 heterocycles. The van der Waals surface area contributed by atoms with Gasteiger partial charge in [0.25, 0.3) is 0 Å². The van der Waals surface area contributed by atoms with E-state index in [2.05, 4.69) is 11.1 Å². The second-order valence-corrected chi connectivity index (χ2v) is 4.26. The molecule has 6 nitrogen and oxygen atoms in total. The number of phosphoric acid groups is 1. The fourth-order valence-corrected chi connectivity index (χ4v) is 1.23. The third-order valence-electron chi connectivity index (χ3n) is 1.67. The third-order valence-corrected chi connectivity index (χ3v) is 2.15. The Kier molecular flexibility index (Phi) is 5.51. The molecule has 0 aromatic carbocycles. The Labute approximate surface area is 82.1 Å². The molecule has 7 heteroatoms. The maximum Gasteiger partial charge on any atom is 0.469 e. The van der Waals surface area contributed by atoms with Crippen molar-refractivity contribution in [3.8, 4) is 0 Å². The largest absolute Gasteiger partial charge is 0.469 e. The van der Waals surface area contributed by atoms with Crippen LogP contribution in [0.3, 0.4) is 0 Å². The summed E-state index contributed by atoms with van der Waals surface area (Å²) in [7, 11) is -4.50. The van der Waals surface area contributed by atoms with Crippen LogP contribution in [-0.2, 0) is 9.09 Å². The van der Waals surface area contributed by atoms with E-state index in [0.29, 0.717) is 0 Å². The van der Waals surface area contributed by atoms with Crippen LogP contribution in [0.2, 0.25) is 0 Å². The zero-order chi connectivity index (χ0) is 11.4. The van der Waals surface area contributed by atoms with Gasteiger partial charge in [-0.2, -0.15) is 0 Å². The number of hydrogen-bond donors (Lipinski definition) is 4. The van der Waals surface area contributed by atoms with Crippen molar-refractivity contribution < 1.29 is 29.1 Å². The predicted molar refractivity (Wildman–Crippen MR) is 49.4 cm³/mol. The van der Waals surface area contributed by atoms with E-state index in [0.717, 1.165) is 0 Å². The average molecular weight is 226 g/mol. The molecule has 0 saturated carbocycles. The molecule has 0 unspecified atom stereocenters. The fraction of sp³-hybridized carbons (Fsp3) is 0.714. The summed E-state index contributed by atoms with van der Waals surface area (Å²) in [4.78, 5) is 16.8. The molecule has 84 valence electrons. The van der Waals surface area contributed by atoms with Gasteiger partial charge in [-0.1, -0.05) is 13.5 Å². The fourth-order valence-electron chi connectivity index (χ4n) is 0.802. The highest BCUT2D eigenvalue weighted by Crippen LogP contribution is 2.36. The van der Waals surface area contributed by atoms with Gasteiger partial charge < -0.3 is 20.0 Å². The van der Waals surface area contributed by atoms with Crippen LogP contribution in [0.15, 0.2) is 12.2 Å². The van der Waals surface area contributed by atoms with E-state index in [1.165, 1.54) is 6.92 Å². The van der Waals surface area contributed by atoms with Crippen LogP contribution in [0.4, 0.5) is 0 Å². The van der Waals surface area contributed by atoms with Crippen molar-refractivity contribution in [3.05, 3.63) is 12.2 Å². The van der Waals surface area contributed by atoms with Crippen molar-refractivity contribution in [1.82, 2.24) is 0 Å². The lowest BCUT2D eigenvalue weighted by Gasteiger charge is -2.19. The van der Waals surface area contributed by atoms with Crippen molar-refractivity contribution in [2.75, 3.05) is 13.2 Å². The number of aliphatic hydroxyl groups is 2. The topological polar surface area (TPSA) is 107 Å². The van der Waals surface area contributed by atoms with Crippen LogP contribution >= 0.6 is 7.82 Å². The van der Waals surface area contributed by atoms with Crippen LogP contribution in [0.1, 0.15) is 6.92 Å². The van der Waals surface area contributed by atoms with E-state index in [1.807, 2.05) is 0 Å². The molecule has 0 saturated heterocycles. The highest BCUT2D eigenvalue weighted by Gasteiger charge is 2.21. The smallest absolute Gasteiger partial charge is 0.392 e. The monoisotopic (exact) mass is 226 g/mol. The van der Waals surface area contributed by atoms with Gasteiger partial charge in [0.1, 0.15) is 0 Å². The molecule has 4 N–H and O–H groups in total. The molecular formula is C7H15O6P. The molecule has 0 bridgehead atoms. The summed E-state index contributed by atoms with van der Waals surface area (Å²) in [5, 5.41) is 18.0. The first-order chi connectivity index (χ1) is 6.28. The van der Waals surface area contributed by atoms with Crippen molar-refractivity contribution >= 4 is 7.82 Å². The van der Waals surface area contributed by atoms with Gasteiger partial charge >= 0.3 is 7.82 Å². The van der Waals surface area contributed by atoms with Crippen molar-refractivity contribution in [1.29, 1.82) is 0 Å². The minimum Gasteiger partial charge on any atom is -0.392 e. The number of rotatable bonds is 6. The van der Waals surface area contributed by atoms with Gasteiger partial charge in [-0.05, 0) is 5.57 Å². The Morgan fingerprint density at radius 3 is 2.43 bits per heavy atom. The Morgan fingerprint density at radius 2 is 2.07 bits per heavy atom. The molecular weight excluding hydrogens is 211 g/mol. The minimum absolute atomic E-state index is 0.187. The van der Waals surface area contributed by atoms with Crippen molar-refractivity contribution in [2.24, 2.45) is 5.92 Å². The number of aliphatic hydroxyl groups excluding tert-OH is 2. The highest BCUT2D eigenvalue weighted by atomic mass is 31.2. The Bertz CT molecular complexity index is 234. The summed E-state index contributed by atoms with van der Waals surface area (Å²) in [5.74, 6) is -0.540. The Balaban J connectivity index is 4.02. The van der Waals surface area contributed by atoms with E-state index < -0.39 is 19.8 Å². The molecule has 0 aliphatic rings. The lowest BCUT2D eigenvalue weighted by atomic mass is 10.00. The molecule has 14 heavy (non-hydrogen) atoms. The van der Waals surface area contributed by atoms with Crippen molar-refractivity contribution in [2.45, 2.75) is 13.0 Å². The van der Waals surface area contributed by atoms with Gasteiger partial charge in [-0.25, -0.2) is 4.57 Å². The van der Waals surface area contributed by atoms with Gasteiger partial charge in [0, 0.05) is 5.92 Å². The molecule has 0 fully saturated rings. The first kappa shape index (κ1) is 13.8. The Morgan fingerprint density at radius 1 is 1.57 bits per heavy atom. The zero-order valence-corrected chi connectivity index (χ0v) is 8.72. The minimum atomic E-state index is -4.50. The van der Waals surface area contributed by atoms with Gasteiger partial charge in [0.2, 0.25) is 0 Å². The van der Waals surface area contributed by atoms with E-state index in [1.54, 1.807) is 0 Å². The normalized spacial score (nSPS) is 16.4. The lowest BCUT2D eigenvalue weighted by molar-refractivity contribution is 0.0875. The summed E-state index contributed by atoms with van der Waals surface area (Å²) >= 11 is 0. The predicted octanol–water partition coefficient (Wildman–Crippen LogP) is -0.359. The maximum atomic E-state index is 10.3. The zero-order valence-electron chi connectivity index (χ0n) is 7.83. The molecule has 0 spiro atoms. The van der Waals surface area contributed by atoms with Crippen LogP contribution in [0, 0.1) is 5.92 Å². The van der Waals surface area contributed by atoms with Crippen LogP contribution in [-0.4, -0.2) is 39.3 Å². The van der Waals surface area contributed by atoms with Crippen LogP contribution < -0.4 is 0 Å². The molecule has 0 aromatic rings. The molecule has 0 radical (unpaired) electrons. The first-order valence-corrected chi connectivity index (χ1v) is 5.47. The standard InChI is InChI=1S/C7H15O6P/c1-5(3-8)7(9)6(2)4-13-14(10,11)12/h6-9H,1,3-4H2,2H3,(H2,10,11,12)/t6-,7+/m0/s1. The van der Waals surface area contributed by atoms with E-state index in [4.69, 9.17) is 14.9 Å². The molecule has 0 amide bonds. The molecule has 0 aliphatic carbocycles. The van der Waals surface area contributed by atoms with E-state index in [-0.39, 0.29) is 18.8 Å². The maximum absolute atomic E-state index is 10.3. The van der Waals surface area contributed by atoms with Gasteiger partial charge in [-0.15, -0.1) is 0 Å². The van der Waals surface area contributed by atoms with E-state index in [9.17, 15) is 9.67 Å². The SMILES string of the molecule is C=C(CO)[C@@H](O)[C@@H](C)COP(=O)(O)O. The number of hydrogen-bond acceptors (Lipinski definition) is 4. The van der Waals surface area contributed by atoms with E-state index >= 15 is 0 Å². The summed E-state index contributed by atoms with van der Waals surface area (Å²) in [5.41, 5.74) is 0.187. The quantitative estimate of drug-likeness (QED) is 0.364. The summed E-state index contributed by atoms with van der Waals surface area (Å²) in [6.45, 7) is 4.24. The van der Waals surface area contributed by atoms with Gasteiger partial charge in [-0.3, -0.25) is 4.52 Å². The van der Waals surface area contributed by atoms with Gasteiger partial charge in [0.15, 0.2) is 0 Å². The lowest BCUT2D eigenvalue weighted by Crippen LogP contribution is -2.25. The molecule has 0 aliphatic heterocycles. The highest BCUT2D eigenvalue weighted by molar-refractivity contribution is 7.46. The molecule has 0 rings (SSSR count). The number of phosphoric ester groups is 1.